The third-order valence-corrected chi connectivity index (χ3v) is 5.04. The lowest BCUT2D eigenvalue weighted by atomic mass is 10.1. The van der Waals surface area contributed by atoms with E-state index in [1.54, 1.807) is 11.8 Å². The molecular formula is C12H17N3OS2. The molecule has 1 atom stereocenters. The number of aryl methyl sites for hydroxylation is 1. The first-order valence-corrected chi connectivity index (χ1v) is 7.72. The Hall–Kier alpha value is -0.590. The van der Waals surface area contributed by atoms with Crippen LogP contribution in [0.1, 0.15) is 30.3 Å². The van der Waals surface area contributed by atoms with E-state index < -0.39 is 0 Å². The number of rotatable bonds is 3. The van der Waals surface area contributed by atoms with E-state index in [9.17, 15) is 0 Å². The van der Waals surface area contributed by atoms with Crippen molar-refractivity contribution in [2.45, 2.75) is 25.8 Å². The van der Waals surface area contributed by atoms with Gasteiger partial charge < -0.3 is 9.42 Å². The Morgan fingerprint density at radius 3 is 3.11 bits per heavy atom. The average molecular weight is 283 g/mol. The minimum atomic E-state index is 0.375. The SMILES string of the molecule is Cc1cc([C@H]2CCCN2CN2CCSC2=S)on1. The molecule has 1 aromatic rings. The van der Waals surface area contributed by atoms with Crippen LogP contribution < -0.4 is 0 Å². The molecule has 0 spiro atoms. The molecule has 0 N–H and O–H groups in total. The summed E-state index contributed by atoms with van der Waals surface area (Å²) >= 11 is 7.15. The second-order valence-electron chi connectivity index (χ2n) is 4.86. The molecule has 6 heteroatoms. The van der Waals surface area contributed by atoms with E-state index in [0.717, 1.165) is 47.7 Å². The molecule has 0 bridgehead atoms. The summed E-state index contributed by atoms with van der Waals surface area (Å²) in [5.41, 5.74) is 0.962. The van der Waals surface area contributed by atoms with Crippen LogP contribution in [0.3, 0.4) is 0 Å². The van der Waals surface area contributed by atoms with Crippen molar-refractivity contribution in [3.8, 4) is 0 Å². The fraction of sp³-hybridized carbons (Fsp3) is 0.667. The first kappa shape index (κ1) is 12.4. The number of hydrogen-bond acceptors (Lipinski definition) is 5. The number of hydrogen-bond donors (Lipinski definition) is 0. The maximum atomic E-state index is 5.42. The zero-order chi connectivity index (χ0) is 12.5. The van der Waals surface area contributed by atoms with E-state index in [1.165, 1.54) is 6.42 Å². The standard InChI is InChI=1S/C12H17N3OS2/c1-9-7-11(16-13-9)10-3-2-4-14(10)8-15-5-6-18-12(15)17/h7,10H,2-6,8H2,1H3/t10-/m1/s1. The van der Waals surface area contributed by atoms with E-state index in [4.69, 9.17) is 16.7 Å². The third kappa shape index (κ3) is 2.41. The molecule has 0 aliphatic carbocycles. The van der Waals surface area contributed by atoms with E-state index in [1.807, 2.05) is 6.92 Å². The zero-order valence-electron chi connectivity index (χ0n) is 10.5. The summed E-state index contributed by atoms with van der Waals surface area (Å²) in [7, 11) is 0. The van der Waals surface area contributed by atoms with Crippen molar-refractivity contribution in [1.29, 1.82) is 0 Å². The van der Waals surface area contributed by atoms with Crippen molar-refractivity contribution in [1.82, 2.24) is 15.0 Å². The van der Waals surface area contributed by atoms with Crippen LogP contribution in [-0.2, 0) is 0 Å². The highest BCUT2D eigenvalue weighted by molar-refractivity contribution is 8.23. The smallest absolute Gasteiger partial charge is 0.154 e. The van der Waals surface area contributed by atoms with E-state index in [2.05, 4.69) is 21.0 Å². The van der Waals surface area contributed by atoms with Gasteiger partial charge in [-0.1, -0.05) is 29.1 Å². The molecule has 0 saturated carbocycles. The molecule has 2 fully saturated rings. The maximum Gasteiger partial charge on any atom is 0.154 e. The fourth-order valence-corrected chi connectivity index (χ4v) is 3.85. The van der Waals surface area contributed by atoms with Gasteiger partial charge in [-0.25, -0.2) is 0 Å². The Kier molecular flexibility index (Phi) is 3.59. The Morgan fingerprint density at radius 2 is 2.44 bits per heavy atom. The number of nitrogens with zero attached hydrogens (tertiary/aromatic N) is 3. The Balaban J connectivity index is 1.69. The van der Waals surface area contributed by atoms with Gasteiger partial charge in [0, 0.05) is 24.9 Å². The molecule has 1 aromatic heterocycles. The second kappa shape index (κ2) is 5.19. The predicted octanol–water partition coefficient (Wildman–Crippen LogP) is 2.41. The summed E-state index contributed by atoms with van der Waals surface area (Å²) in [6.07, 6.45) is 2.38. The normalized spacial score (nSPS) is 25.3. The van der Waals surface area contributed by atoms with Crippen LogP contribution in [0.2, 0.25) is 0 Å². The topological polar surface area (TPSA) is 32.5 Å². The van der Waals surface area contributed by atoms with Crippen molar-refractivity contribution in [3.05, 3.63) is 17.5 Å². The fourth-order valence-electron chi connectivity index (χ4n) is 2.63. The molecule has 3 heterocycles. The molecule has 0 aromatic carbocycles. The van der Waals surface area contributed by atoms with Gasteiger partial charge in [0.05, 0.1) is 18.4 Å². The van der Waals surface area contributed by atoms with Crippen LogP contribution in [0, 0.1) is 6.92 Å². The van der Waals surface area contributed by atoms with E-state index in [0.29, 0.717) is 6.04 Å². The maximum absolute atomic E-state index is 5.42. The first-order chi connectivity index (χ1) is 8.74. The van der Waals surface area contributed by atoms with Crippen LogP contribution in [0.25, 0.3) is 0 Å². The number of thioether (sulfide) groups is 1. The summed E-state index contributed by atoms with van der Waals surface area (Å²) in [4.78, 5) is 4.75. The lowest BCUT2D eigenvalue weighted by Crippen LogP contribution is -2.37. The number of aromatic nitrogens is 1. The van der Waals surface area contributed by atoms with Gasteiger partial charge in [0.15, 0.2) is 5.76 Å². The summed E-state index contributed by atoms with van der Waals surface area (Å²) in [5, 5.41) is 4.00. The van der Waals surface area contributed by atoms with Crippen molar-refractivity contribution in [2.24, 2.45) is 0 Å². The second-order valence-corrected chi connectivity index (χ2v) is 6.59. The van der Waals surface area contributed by atoms with E-state index >= 15 is 0 Å². The highest BCUT2D eigenvalue weighted by Gasteiger charge is 2.31. The van der Waals surface area contributed by atoms with Gasteiger partial charge in [0.1, 0.15) is 4.32 Å². The monoisotopic (exact) mass is 283 g/mol. The predicted molar refractivity (Wildman–Crippen MR) is 76.6 cm³/mol. The molecule has 2 aliphatic heterocycles. The van der Waals surface area contributed by atoms with Gasteiger partial charge in [0.2, 0.25) is 0 Å². The largest absolute Gasteiger partial charge is 0.359 e. The Morgan fingerprint density at radius 1 is 1.56 bits per heavy atom. The molecule has 3 rings (SSSR count). The van der Waals surface area contributed by atoms with Gasteiger partial charge in [-0.2, -0.15) is 0 Å². The molecule has 2 saturated heterocycles. The highest BCUT2D eigenvalue weighted by atomic mass is 32.2. The molecule has 2 aliphatic rings. The van der Waals surface area contributed by atoms with Gasteiger partial charge in [-0.05, 0) is 19.8 Å². The summed E-state index contributed by atoms with van der Waals surface area (Å²) < 4.78 is 6.46. The lowest BCUT2D eigenvalue weighted by molar-refractivity contribution is 0.159. The van der Waals surface area contributed by atoms with Gasteiger partial charge in [-0.3, -0.25) is 4.90 Å². The van der Waals surface area contributed by atoms with Crippen LogP contribution in [0.4, 0.5) is 0 Å². The van der Waals surface area contributed by atoms with Crippen LogP contribution in [0.5, 0.6) is 0 Å². The minimum absolute atomic E-state index is 0.375. The molecule has 0 unspecified atom stereocenters. The van der Waals surface area contributed by atoms with Crippen LogP contribution in [-0.4, -0.2) is 44.8 Å². The molecule has 98 valence electrons. The molecule has 0 amide bonds. The van der Waals surface area contributed by atoms with Crippen LogP contribution in [0.15, 0.2) is 10.6 Å². The third-order valence-electron chi connectivity index (χ3n) is 3.54. The Labute approximate surface area is 117 Å². The van der Waals surface area contributed by atoms with Crippen molar-refractivity contribution >= 4 is 28.3 Å². The summed E-state index contributed by atoms with van der Waals surface area (Å²) in [5.74, 6) is 2.13. The number of likely N-dealkylation sites (tertiary alicyclic amines) is 1. The average Bonchev–Trinajstić information content (AvgIpc) is 3.03. The summed E-state index contributed by atoms with van der Waals surface area (Å²) in [6.45, 7) is 5.09. The minimum Gasteiger partial charge on any atom is -0.359 e. The molecular weight excluding hydrogens is 266 g/mol. The quantitative estimate of drug-likeness (QED) is 0.792. The molecule has 4 nitrogen and oxygen atoms in total. The van der Waals surface area contributed by atoms with Crippen molar-refractivity contribution < 1.29 is 4.52 Å². The lowest BCUT2D eigenvalue weighted by Gasteiger charge is -2.28. The molecule has 18 heavy (non-hydrogen) atoms. The van der Waals surface area contributed by atoms with E-state index in [-0.39, 0.29) is 0 Å². The first-order valence-electron chi connectivity index (χ1n) is 6.33. The highest BCUT2D eigenvalue weighted by Crippen LogP contribution is 2.33. The Bertz CT molecular complexity index is 448. The van der Waals surface area contributed by atoms with Crippen LogP contribution >= 0.6 is 24.0 Å². The van der Waals surface area contributed by atoms with Gasteiger partial charge in [0.25, 0.3) is 0 Å². The van der Waals surface area contributed by atoms with Crippen molar-refractivity contribution in [2.75, 3.05) is 25.5 Å². The summed E-state index contributed by atoms with van der Waals surface area (Å²) in [6, 6.07) is 2.43. The van der Waals surface area contributed by atoms with Gasteiger partial charge >= 0.3 is 0 Å². The number of thiocarbonyl (C=S) groups is 1. The molecule has 0 radical (unpaired) electrons. The zero-order valence-corrected chi connectivity index (χ0v) is 12.1. The van der Waals surface area contributed by atoms with Gasteiger partial charge in [-0.15, -0.1) is 0 Å². The van der Waals surface area contributed by atoms with Crippen molar-refractivity contribution in [3.63, 3.8) is 0 Å².